The largest absolute Gasteiger partial charge is 0.316 e. The van der Waals surface area contributed by atoms with Crippen LogP contribution in [0.1, 0.15) is 11.1 Å². The normalized spacial score (nSPS) is 12.6. The Bertz CT molecular complexity index is 504. The Morgan fingerprint density at radius 3 is 2.63 bits per heavy atom. The lowest BCUT2D eigenvalue weighted by molar-refractivity contribution is 0.616. The maximum atomic E-state index is 4.21. The van der Waals surface area contributed by atoms with Gasteiger partial charge in [-0.2, -0.15) is 5.10 Å². The number of aryl methyl sites for hydroxylation is 2. The van der Waals surface area contributed by atoms with Crippen molar-refractivity contribution in [1.82, 2.24) is 15.1 Å². The van der Waals surface area contributed by atoms with Crippen LogP contribution in [0.4, 0.5) is 0 Å². The molecule has 1 atom stereocenters. The van der Waals surface area contributed by atoms with Gasteiger partial charge < -0.3 is 5.32 Å². The number of rotatable bonds is 6. The Labute approximate surface area is 119 Å². The summed E-state index contributed by atoms with van der Waals surface area (Å²) in [5.41, 5.74) is 2.59. The number of nitrogens with one attached hydrogen (secondary N) is 1. The highest BCUT2D eigenvalue weighted by molar-refractivity contribution is 7.99. The van der Waals surface area contributed by atoms with Crippen LogP contribution in [0.2, 0.25) is 0 Å². The number of likely N-dealkylation sites (N-methyl/N-ethyl adjacent to an activating group) is 1. The third kappa shape index (κ3) is 4.40. The van der Waals surface area contributed by atoms with Crippen LogP contribution in [-0.2, 0) is 13.5 Å². The molecule has 1 heterocycles. The maximum Gasteiger partial charge on any atom is 0.0522 e. The molecule has 0 aliphatic heterocycles. The number of benzene rings is 1. The molecule has 0 fully saturated rings. The molecule has 0 radical (unpaired) electrons. The van der Waals surface area contributed by atoms with Crippen molar-refractivity contribution in [3.63, 3.8) is 0 Å². The zero-order chi connectivity index (χ0) is 13.7. The Morgan fingerprint density at radius 2 is 2.05 bits per heavy atom. The molecule has 0 aliphatic rings. The van der Waals surface area contributed by atoms with Crippen LogP contribution in [0.5, 0.6) is 0 Å². The van der Waals surface area contributed by atoms with Crippen LogP contribution >= 0.6 is 11.8 Å². The van der Waals surface area contributed by atoms with E-state index >= 15 is 0 Å². The van der Waals surface area contributed by atoms with E-state index in [9.17, 15) is 0 Å². The predicted molar refractivity (Wildman–Crippen MR) is 81.7 cm³/mol. The summed E-state index contributed by atoms with van der Waals surface area (Å²) in [5.74, 6) is 1.06. The maximum absolute atomic E-state index is 4.21. The second kappa shape index (κ2) is 6.78. The molecule has 2 aromatic rings. The molecule has 1 aromatic heterocycles. The smallest absolute Gasteiger partial charge is 0.0522 e. The summed E-state index contributed by atoms with van der Waals surface area (Å²) in [6.45, 7) is 2.12. The lowest BCUT2D eigenvalue weighted by atomic mass is 10.1. The highest BCUT2D eigenvalue weighted by Gasteiger charge is 2.09. The fourth-order valence-electron chi connectivity index (χ4n) is 1.94. The fraction of sp³-hybridized carbons (Fsp3) is 0.400. The molecular formula is C15H21N3S. The van der Waals surface area contributed by atoms with Crippen LogP contribution in [-0.4, -0.2) is 28.6 Å². The molecule has 0 aliphatic carbocycles. The Balaban J connectivity index is 1.87. The van der Waals surface area contributed by atoms with E-state index in [4.69, 9.17) is 0 Å². The molecule has 102 valence electrons. The summed E-state index contributed by atoms with van der Waals surface area (Å²) in [5, 5.41) is 7.60. The van der Waals surface area contributed by atoms with Crippen molar-refractivity contribution in [2.75, 3.05) is 12.8 Å². The fourth-order valence-corrected chi connectivity index (χ4v) is 2.94. The SMILES string of the molecule is CNC(CSc1ccc(C)cc1)Cc1cnn(C)c1. The number of hydrogen-bond acceptors (Lipinski definition) is 3. The Morgan fingerprint density at radius 1 is 1.32 bits per heavy atom. The van der Waals surface area contributed by atoms with Crippen LogP contribution in [0.15, 0.2) is 41.6 Å². The van der Waals surface area contributed by atoms with Gasteiger partial charge in [0.25, 0.3) is 0 Å². The van der Waals surface area contributed by atoms with Gasteiger partial charge in [-0.3, -0.25) is 4.68 Å². The van der Waals surface area contributed by atoms with Gasteiger partial charge in [-0.15, -0.1) is 11.8 Å². The van der Waals surface area contributed by atoms with Gasteiger partial charge in [-0.25, -0.2) is 0 Å². The highest BCUT2D eigenvalue weighted by atomic mass is 32.2. The topological polar surface area (TPSA) is 29.9 Å². The van der Waals surface area contributed by atoms with Crippen molar-refractivity contribution in [2.24, 2.45) is 7.05 Å². The quantitative estimate of drug-likeness (QED) is 0.822. The lowest BCUT2D eigenvalue weighted by Gasteiger charge is -2.14. The molecule has 3 nitrogen and oxygen atoms in total. The van der Waals surface area contributed by atoms with E-state index < -0.39 is 0 Å². The van der Waals surface area contributed by atoms with Gasteiger partial charge in [0, 0.05) is 29.9 Å². The Hall–Kier alpha value is -1.26. The van der Waals surface area contributed by atoms with Crippen molar-refractivity contribution >= 4 is 11.8 Å². The number of nitrogens with zero attached hydrogens (tertiary/aromatic N) is 2. The molecule has 1 N–H and O–H groups in total. The molecule has 1 unspecified atom stereocenters. The second-order valence-corrected chi connectivity index (χ2v) is 5.93. The van der Waals surface area contributed by atoms with Gasteiger partial charge in [0.05, 0.1) is 6.20 Å². The average Bonchev–Trinajstić information content (AvgIpc) is 2.82. The van der Waals surface area contributed by atoms with Gasteiger partial charge in [-0.1, -0.05) is 17.7 Å². The van der Waals surface area contributed by atoms with Crippen LogP contribution in [0, 0.1) is 6.92 Å². The van der Waals surface area contributed by atoms with Crippen molar-refractivity contribution in [3.05, 3.63) is 47.8 Å². The first-order valence-corrected chi connectivity index (χ1v) is 7.50. The van der Waals surface area contributed by atoms with Gasteiger partial charge in [0.2, 0.25) is 0 Å². The van der Waals surface area contributed by atoms with E-state index in [0.717, 1.165) is 12.2 Å². The summed E-state index contributed by atoms with van der Waals surface area (Å²) in [6.07, 6.45) is 5.05. The van der Waals surface area contributed by atoms with Crippen LogP contribution < -0.4 is 5.32 Å². The molecule has 19 heavy (non-hydrogen) atoms. The summed E-state index contributed by atoms with van der Waals surface area (Å²) in [4.78, 5) is 1.33. The number of thioether (sulfide) groups is 1. The zero-order valence-electron chi connectivity index (χ0n) is 11.8. The van der Waals surface area contributed by atoms with E-state index in [-0.39, 0.29) is 0 Å². The molecule has 2 rings (SSSR count). The molecule has 1 aromatic carbocycles. The first-order chi connectivity index (χ1) is 9.17. The van der Waals surface area contributed by atoms with Crippen molar-refractivity contribution < 1.29 is 0 Å². The minimum absolute atomic E-state index is 0.468. The minimum atomic E-state index is 0.468. The molecule has 0 spiro atoms. The standard InChI is InChI=1S/C15H21N3S/c1-12-4-6-15(7-5-12)19-11-14(16-2)8-13-9-17-18(3)10-13/h4-7,9-10,14,16H,8,11H2,1-3H3. The molecule has 0 bridgehead atoms. The lowest BCUT2D eigenvalue weighted by Crippen LogP contribution is -2.29. The molecule has 0 saturated heterocycles. The van der Waals surface area contributed by atoms with E-state index in [2.05, 4.69) is 47.8 Å². The monoisotopic (exact) mass is 275 g/mol. The zero-order valence-corrected chi connectivity index (χ0v) is 12.6. The van der Waals surface area contributed by atoms with Crippen LogP contribution in [0.3, 0.4) is 0 Å². The Kier molecular flexibility index (Phi) is 5.05. The van der Waals surface area contributed by atoms with E-state index in [1.54, 1.807) is 0 Å². The van der Waals surface area contributed by atoms with Gasteiger partial charge in [0.15, 0.2) is 0 Å². The third-order valence-electron chi connectivity index (χ3n) is 3.12. The molecule has 0 saturated carbocycles. The second-order valence-electron chi connectivity index (χ2n) is 4.84. The predicted octanol–water partition coefficient (Wildman–Crippen LogP) is 2.65. The highest BCUT2D eigenvalue weighted by Crippen LogP contribution is 2.20. The van der Waals surface area contributed by atoms with Gasteiger partial charge >= 0.3 is 0 Å². The average molecular weight is 275 g/mol. The summed E-state index contributed by atoms with van der Waals surface area (Å²) in [6, 6.07) is 9.18. The summed E-state index contributed by atoms with van der Waals surface area (Å²) >= 11 is 1.90. The first kappa shape index (κ1) is 14.2. The van der Waals surface area contributed by atoms with E-state index in [1.807, 2.05) is 36.7 Å². The first-order valence-electron chi connectivity index (χ1n) is 6.51. The third-order valence-corrected chi connectivity index (χ3v) is 4.30. The number of aromatic nitrogens is 2. The molecule has 4 heteroatoms. The number of hydrogen-bond donors (Lipinski definition) is 1. The van der Waals surface area contributed by atoms with Crippen molar-refractivity contribution in [1.29, 1.82) is 0 Å². The van der Waals surface area contributed by atoms with Crippen LogP contribution in [0.25, 0.3) is 0 Å². The minimum Gasteiger partial charge on any atom is -0.316 e. The summed E-state index contributed by atoms with van der Waals surface area (Å²) < 4.78 is 1.86. The molecular weight excluding hydrogens is 254 g/mol. The van der Waals surface area contributed by atoms with Gasteiger partial charge in [0.1, 0.15) is 0 Å². The molecule has 0 amide bonds. The van der Waals surface area contributed by atoms with Crippen molar-refractivity contribution in [3.8, 4) is 0 Å². The summed E-state index contributed by atoms with van der Waals surface area (Å²) in [7, 11) is 3.98. The van der Waals surface area contributed by atoms with Crippen molar-refractivity contribution in [2.45, 2.75) is 24.3 Å². The van der Waals surface area contributed by atoms with Gasteiger partial charge in [-0.05, 0) is 38.1 Å². The van der Waals surface area contributed by atoms with E-state index in [1.165, 1.54) is 16.0 Å². The van der Waals surface area contributed by atoms with E-state index in [0.29, 0.717) is 6.04 Å².